The van der Waals surface area contributed by atoms with E-state index >= 15 is 0 Å². The summed E-state index contributed by atoms with van der Waals surface area (Å²) >= 11 is 0. The van der Waals surface area contributed by atoms with E-state index in [0.717, 1.165) is 22.6 Å². The van der Waals surface area contributed by atoms with Crippen LogP contribution in [-0.2, 0) is 6.42 Å². The maximum atomic E-state index is 5.66. The molecule has 0 fully saturated rings. The summed E-state index contributed by atoms with van der Waals surface area (Å²) in [6.07, 6.45) is 4.26. The van der Waals surface area contributed by atoms with E-state index in [4.69, 9.17) is 13.9 Å². The van der Waals surface area contributed by atoms with Crippen molar-refractivity contribution in [2.24, 2.45) is 0 Å². The second-order valence-electron chi connectivity index (χ2n) is 5.13. The van der Waals surface area contributed by atoms with Crippen LogP contribution in [0, 0.1) is 0 Å². The summed E-state index contributed by atoms with van der Waals surface area (Å²) in [5, 5.41) is 8.13. The molecule has 3 rings (SSSR count). The van der Waals surface area contributed by atoms with Crippen molar-refractivity contribution < 1.29 is 13.9 Å². The topological polar surface area (TPSA) is 57.4 Å². The van der Waals surface area contributed by atoms with Gasteiger partial charge in [0.25, 0.3) is 0 Å². The van der Waals surface area contributed by atoms with Gasteiger partial charge in [0.1, 0.15) is 11.5 Å². The molecule has 0 unspecified atom stereocenters. The number of ether oxygens (including phenoxy) is 2. The van der Waals surface area contributed by atoms with Crippen LogP contribution in [0.25, 0.3) is 12.2 Å². The summed E-state index contributed by atoms with van der Waals surface area (Å²) in [7, 11) is 3.29. The third kappa shape index (κ3) is 3.81. The molecule has 0 aliphatic carbocycles. The summed E-state index contributed by atoms with van der Waals surface area (Å²) in [4.78, 5) is 0. The average molecular weight is 322 g/mol. The van der Waals surface area contributed by atoms with Gasteiger partial charge in [-0.15, -0.1) is 10.2 Å². The zero-order valence-electron chi connectivity index (χ0n) is 13.6. The summed E-state index contributed by atoms with van der Waals surface area (Å²) < 4.78 is 16.1. The highest BCUT2D eigenvalue weighted by molar-refractivity contribution is 5.69. The lowest BCUT2D eigenvalue weighted by atomic mass is 10.1. The molecule has 0 saturated carbocycles. The zero-order chi connectivity index (χ0) is 16.8. The highest BCUT2D eigenvalue weighted by Gasteiger charge is 2.06. The molecule has 0 saturated heterocycles. The molecular weight excluding hydrogens is 304 g/mol. The minimum atomic E-state index is 0.462. The molecule has 0 amide bonds. The van der Waals surface area contributed by atoms with Crippen molar-refractivity contribution in [3.63, 3.8) is 0 Å². The molecule has 0 aliphatic rings. The van der Waals surface area contributed by atoms with Gasteiger partial charge in [0.15, 0.2) is 0 Å². The Kier molecular flexibility index (Phi) is 4.91. The van der Waals surface area contributed by atoms with E-state index in [1.165, 1.54) is 0 Å². The normalized spacial score (nSPS) is 10.9. The Morgan fingerprint density at radius 2 is 1.71 bits per heavy atom. The number of hydrogen-bond acceptors (Lipinski definition) is 5. The monoisotopic (exact) mass is 322 g/mol. The van der Waals surface area contributed by atoms with Crippen molar-refractivity contribution in [1.29, 1.82) is 0 Å². The molecule has 5 heteroatoms. The van der Waals surface area contributed by atoms with E-state index in [9.17, 15) is 0 Å². The number of hydrogen-bond donors (Lipinski definition) is 0. The first-order chi connectivity index (χ1) is 11.8. The van der Waals surface area contributed by atoms with Crippen LogP contribution in [0.1, 0.15) is 22.9 Å². The first-order valence-corrected chi connectivity index (χ1v) is 7.55. The minimum absolute atomic E-state index is 0.462. The molecule has 0 N–H and O–H groups in total. The largest absolute Gasteiger partial charge is 0.497 e. The van der Waals surface area contributed by atoms with Crippen LogP contribution >= 0.6 is 0 Å². The summed E-state index contributed by atoms with van der Waals surface area (Å²) in [5.74, 6) is 2.65. The molecule has 5 nitrogen and oxygen atoms in total. The summed E-state index contributed by atoms with van der Waals surface area (Å²) in [5.41, 5.74) is 2.04. The van der Waals surface area contributed by atoms with Crippen LogP contribution in [0.4, 0.5) is 0 Å². The van der Waals surface area contributed by atoms with Gasteiger partial charge < -0.3 is 13.9 Å². The molecule has 0 atom stereocenters. The van der Waals surface area contributed by atoms with Crippen LogP contribution in [0.5, 0.6) is 11.5 Å². The van der Waals surface area contributed by atoms with Crippen molar-refractivity contribution in [2.75, 3.05) is 14.2 Å². The fourth-order valence-electron chi connectivity index (χ4n) is 2.29. The molecular formula is C19H18N2O3. The summed E-state index contributed by atoms with van der Waals surface area (Å²) in [6.45, 7) is 0. The smallest absolute Gasteiger partial charge is 0.240 e. The number of benzene rings is 2. The third-order valence-electron chi connectivity index (χ3n) is 3.54. The van der Waals surface area contributed by atoms with Gasteiger partial charge in [-0.2, -0.15) is 0 Å². The van der Waals surface area contributed by atoms with Crippen LogP contribution in [-0.4, -0.2) is 24.4 Å². The molecule has 2 aromatic carbocycles. The molecule has 0 radical (unpaired) electrons. The predicted molar refractivity (Wildman–Crippen MR) is 92.0 cm³/mol. The number of methoxy groups -OCH3 is 2. The molecule has 0 bridgehead atoms. The number of nitrogens with zero attached hydrogens (tertiary/aromatic N) is 2. The lowest BCUT2D eigenvalue weighted by Gasteiger charge is -2.02. The number of para-hydroxylation sites is 1. The number of aromatic nitrogens is 2. The van der Waals surface area contributed by atoms with E-state index in [0.29, 0.717) is 18.2 Å². The van der Waals surface area contributed by atoms with Crippen molar-refractivity contribution >= 4 is 12.2 Å². The SMILES string of the molecule is COc1ccc(Cc2nnc(/C=C\c3ccccc3OC)o2)cc1. The van der Waals surface area contributed by atoms with Crippen molar-refractivity contribution in [3.8, 4) is 11.5 Å². The second kappa shape index (κ2) is 7.46. The third-order valence-corrected chi connectivity index (χ3v) is 3.54. The van der Waals surface area contributed by atoms with E-state index in [1.807, 2.05) is 54.6 Å². The Labute approximate surface area is 140 Å². The van der Waals surface area contributed by atoms with Gasteiger partial charge in [0.05, 0.1) is 20.6 Å². The van der Waals surface area contributed by atoms with Gasteiger partial charge in [-0.05, 0) is 29.8 Å². The van der Waals surface area contributed by atoms with Gasteiger partial charge in [-0.25, -0.2) is 0 Å². The Hall–Kier alpha value is -3.08. The van der Waals surface area contributed by atoms with E-state index in [1.54, 1.807) is 20.3 Å². The van der Waals surface area contributed by atoms with Gasteiger partial charge in [-0.1, -0.05) is 30.3 Å². The fraction of sp³-hybridized carbons (Fsp3) is 0.158. The van der Waals surface area contributed by atoms with Gasteiger partial charge in [-0.3, -0.25) is 0 Å². The van der Waals surface area contributed by atoms with Gasteiger partial charge in [0, 0.05) is 11.6 Å². The van der Waals surface area contributed by atoms with Crippen LogP contribution in [0.2, 0.25) is 0 Å². The molecule has 0 spiro atoms. The molecule has 24 heavy (non-hydrogen) atoms. The van der Waals surface area contributed by atoms with E-state index in [2.05, 4.69) is 10.2 Å². The lowest BCUT2D eigenvalue weighted by molar-refractivity contribution is 0.414. The van der Waals surface area contributed by atoms with Crippen LogP contribution < -0.4 is 9.47 Å². The molecule has 1 aromatic heterocycles. The van der Waals surface area contributed by atoms with Crippen LogP contribution in [0.15, 0.2) is 52.9 Å². The van der Waals surface area contributed by atoms with Crippen molar-refractivity contribution in [2.45, 2.75) is 6.42 Å². The Morgan fingerprint density at radius 3 is 2.46 bits per heavy atom. The summed E-state index contributed by atoms with van der Waals surface area (Å²) in [6, 6.07) is 15.5. The quantitative estimate of drug-likeness (QED) is 0.690. The predicted octanol–water partition coefficient (Wildman–Crippen LogP) is 3.85. The second-order valence-corrected chi connectivity index (χ2v) is 5.13. The zero-order valence-corrected chi connectivity index (χ0v) is 13.6. The van der Waals surface area contributed by atoms with E-state index < -0.39 is 0 Å². The first-order valence-electron chi connectivity index (χ1n) is 7.55. The molecule has 0 aliphatic heterocycles. The molecule has 1 heterocycles. The molecule has 122 valence electrons. The maximum absolute atomic E-state index is 5.66. The standard InChI is InChI=1S/C19H18N2O3/c1-22-16-10-7-14(8-11-16)13-19-21-20-18(24-19)12-9-15-5-3-4-6-17(15)23-2/h3-12H,13H2,1-2H3/b12-9-. The minimum Gasteiger partial charge on any atom is -0.497 e. The van der Waals surface area contributed by atoms with Gasteiger partial charge in [0.2, 0.25) is 11.8 Å². The lowest BCUT2D eigenvalue weighted by Crippen LogP contribution is -1.89. The molecule has 3 aromatic rings. The van der Waals surface area contributed by atoms with Gasteiger partial charge >= 0.3 is 0 Å². The first kappa shape index (κ1) is 15.8. The average Bonchev–Trinajstić information content (AvgIpc) is 3.08. The maximum Gasteiger partial charge on any atom is 0.240 e. The van der Waals surface area contributed by atoms with Crippen molar-refractivity contribution in [1.82, 2.24) is 10.2 Å². The highest BCUT2D eigenvalue weighted by Crippen LogP contribution is 2.20. The highest BCUT2D eigenvalue weighted by atomic mass is 16.5. The van der Waals surface area contributed by atoms with E-state index in [-0.39, 0.29) is 0 Å². The van der Waals surface area contributed by atoms with Crippen molar-refractivity contribution in [3.05, 3.63) is 71.4 Å². The number of rotatable bonds is 6. The Balaban J connectivity index is 1.69. The van der Waals surface area contributed by atoms with Crippen LogP contribution in [0.3, 0.4) is 0 Å². The Morgan fingerprint density at radius 1 is 0.917 bits per heavy atom. The fourth-order valence-corrected chi connectivity index (χ4v) is 2.29. The Bertz CT molecular complexity index is 823.